The number of carbonyl (C=O) groups excluding carboxylic acids is 1. The summed E-state index contributed by atoms with van der Waals surface area (Å²) in [4.78, 5) is 17.5. The number of aromatic hydroxyl groups is 1. The number of nitrogens with zero attached hydrogens (tertiary/aromatic N) is 2. The number of aromatic nitrogens is 1. The van der Waals surface area contributed by atoms with Gasteiger partial charge in [0.2, 0.25) is 5.60 Å². The minimum atomic E-state index is -1.67. The number of thiophene rings is 1. The number of hydrogen-bond acceptors (Lipinski definition) is 7. The molecule has 8 heteroatoms. The van der Waals surface area contributed by atoms with Crippen molar-refractivity contribution in [3.05, 3.63) is 112 Å². The normalized spacial score (nSPS) is 18.7. The number of amides is 1. The van der Waals surface area contributed by atoms with Crippen LogP contribution in [-0.4, -0.2) is 46.5 Å². The Hall–Kier alpha value is -5.76. The summed E-state index contributed by atoms with van der Waals surface area (Å²) >= 11 is 1.68. The summed E-state index contributed by atoms with van der Waals surface area (Å²) in [6.07, 6.45) is 5.42. The highest BCUT2D eigenvalue weighted by atomic mass is 32.1. The van der Waals surface area contributed by atoms with Gasteiger partial charge in [0.1, 0.15) is 5.75 Å². The number of aryl methyl sites for hydroxylation is 1. The van der Waals surface area contributed by atoms with Crippen molar-refractivity contribution in [2.75, 3.05) is 25.2 Å². The summed E-state index contributed by atoms with van der Waals surface area (Å²) in [5.41, 5.74) is 2.69. The fourth-order valence-corrected chi connectivity index (χ4v) is 6.66. The molecule has 2 aliphatic heterocycles. The van der Waals surface area contributed by atoms with E-state index in [4.69, 9.17) is 9.84 Å². The van der Waals surface area contributed by atoms with Crippen LogP contribution in [0.3, 0.4) is 0 Å². The van der Waals surface area contributed by atoms with E-state index in [9.17, 15) is 15.0 Å². The van der Waals surface area contributed by atoms with Gasteiger partial charge in [-0.05, 0) is 115 Å². The number of benzene rings is 2. The van der Waals surface area contributed by atoms with Gasteiger partial charge in [0.05, 0.1) is 11.4 Å². The SMILES string of the molecule is CC#CC1(C)CCOCC1.CC#CC1(O)C(=O)N(C)c2ccccc21.CC#CC1(O)CCc2cccnc21.CC#Cc1cccc(O)c1.CC#Cc1ccsc1. The largest absolute Gasteiger partial charge is 0.508 e. The molecule has 1 aliphatic carbocycles. The van der Waals surface area contributed by atoms with E-state index in [1.165, 1.54) is 4.90 Å². The second-order valence-electron chi connectivity index (χ2n) is 13.1. The predicted molar refractivity (Wildman–Crippen MR) is 226 cm³/mol. The molecule has 7 rings (SSSR count). The molecular formula is C48H50N2O5S. The molecule has 3 aliphatic rings. The van der Waals surface area contributed by atoms with Gasteiger partial charge in [-0.25, -0.2) is 0 Å². The maximum Gasteiger partial charge on any atom is 0.276 e. The van der Waals surface area contributed by atoms with Crippen LogP contribution < -0.4 is 4.90 Å². The molecule has 0 spiro atoms. The third-order valence-corrected chi connectivity index (χ3v) is 9.56. The number of carbonyl (C=O) groups is 1. The van der Waals surface area contributed by atoms with Crippen LogP contribution in [0.1, 0.15) is 88.8 Å². The molecule has 56 heavy (non-hydrogen) atoms. The van der Waals surface area contributed by atoms with Crippen LogP contribution in [0, 0.1) is 64.6 Å². The molecule has 2 unspecified atom stereocenters. The molecular weight excluding hydrogens is 717 g/mol. The first kappa shape index (κ1) is 44.6. The van der Waals surface area contributed by atoms with E-state index in [0.29, 0.717) is 17.7 Å². The molecule has 4 aromatic rings. The van der Waals surface area contributed by atoms with Crippen LogP contribution in [0.5, 0.6) is 5.75 Å². The highest BCUT2D eigenvalue weighted by Gasteiger charge is 2.47. The second-order valence-corrected chi connectivity index (χ2v) is 13.9. The minimum Gasteiger partial charge on any atom is -0.508 e. The van der Waals surface area contributed by atoms with Crippen molar-refractivity contribution in [3.8, 4) is 65.0 Å². The van der Waals surface area contributed by atoms with Crippen molar-refractivity contribution in [1.82, 2.24) is 4.98 Å². The lowest BCUT2D eigenvalue weighted by atomic mass is 9.83. The lowest BCUT2D eigenvalue weighted by molar-refractivity contribution is -0.130. The lowest BCUT2D eigenvalue weighted by Crippen LogP contribution is -2.37. The molecule has 1 amide bonds. The van der Waals surface area contributed by atoms with E-state index in [-0.39, 0.29) is 11.2 Å². The molecule has 0 saturated carbocycles. The molecule has 2 aromatic heterocycles. The number of ether oxygens (including phenoxy) is 1. The van der Waals surface area contributed by atoms with E-state index in [0.717, 1.165) is 54.9 Å². The Bertz CT molecular complexity index is 2240. The van der Waals surface area contributed by atoms with Crippen LogP contribution >= 0.6 is 11.3 Å². The number of fused-ring (bicyclic) bond motifs is 2. The van der Waals surface area contributed by atoms with Gasteiger partial charge in [-0.1, -0.05) is 59.9 Å². The van der Waals surface area contributed by atoms with Crippen LogP contribution in [-0.2, 0) is 27.2 Å². The van der Waals surface area contributed by atoms with E-state index in [1.54, 1.807) is 81.8 Å². The molecule has 2 atom stereocenters. The number of anilines is 1. The summed E-state index contributed by atoms with van der Waals surface area (Å²) in [5.74, 6) is 28.2. The van der Waals surface area contributed by atoms with Crippen LogP contribution in [0.2, 0.25) is 0 Å². The number of phenols is 1. The number of pyridine rings is 1. The molecule has 4 heterocycles. The number of rotatable bonds is 0. The number of phenolic OH excluding ortho intramolecular Hbond substituents is 1. The van der Waals surface area contributed by atoms with Gasteiger partial charge < -0.3 is 25.0 Å². The maximum absolute atomic E-state index is 11.8. The number of likely N-dealkylation sites (N-methyl/N-ethyl adjacent to an activating group) is 1. The van der Waals surface area contributed by atoms with Gasteiger partial charge in [-0.3, -0.25) is 9.78 Å². The van der Waals surface area contributed by atoms with E-state index in [2.05, 4.69) is 71.1 Å². The summed E-state index contributed by atoms with van der Waals surface area (Å²) in [6, 6.07) is 19.9. The average molecular weight is 767 g/mol. The zero-order valence-corrected chi connectivity index (χ0v) is 34.1. The predicted octanol–water partition coefficient (Wildman–Crippen LogP) is 7.82. The summed E-state index contributed by atoms with van der Waals surface area (Å²) in [5, 5.41) is 33.4. The third kappa shape index (κ3) is 12.4. The van der Waals surface area contributed by atoms with Crippen molar-refractivity contribution in [3.63, 3.8) is 0 Å². The fourth-order valence-electron chi connectivity index (χ4n) is 6.07. The van der Waals surface area contributed by atoms with E-state index < -0.39 is 17.1 Å². The van der Waals surface area contributed by atoms with Gasteiger partial charge in [0, 0.05) is 53.9 Å². The summed E-state index contributed by atoms with van der Waals surface area (Å²) < 4.78 is 5.24. The Labute approximate surface area is 337 Å². The first-order valence-electron chi connectivity index (χ1n) is 18.2. The van der Waals surface area contributed by atoms with Gasteiger partial charge in [-0.2, -0.15) is 11.3 Å². The highest BCUT2D eigenvalue weighted by molar-refractivity contribution is 7.08. The van der Waals surface area contributed by atoms with E-state index >= 15 is 0 Å². The molecule has 288 valence electrons. The Balaban J connectivity index is 0.000000191. The van der Waals surface area contributed by atoms with Gasteiger partial charge in [0.15, 0.2) is 5.60 Å². The standard InChI is InChI=1S/C12H11NO2.C11H11NO.C9H14O.C9H8O.C7H6S/c1-3-8-12(15)9-6-4-5-7-10(9)13(2)11(12)14;1-2-6-11(13)7-5-9-4-3-8-12-10(9)11;1-3-4-9(2)5-7-10-8-6-9;1-2-4-8-5-3-6-9(10)7-8;1-2-3-7-4-5-8-6-7/h4-7,15H,1-2H3;3-4,8,13H,5,7H2,1H3;5-8H2,1-2H3;3,5-7,10H,1H3;4-6H,1H3. The van der Waals surface area contributed by atoms with Crippen LogP contribution in [0.15, 0.2) is 83.7 Å². The molecule has 3 N–H and O–H groups in total. The van der Waals surface area contributed by atoms with Crippen molar-refractivity contribution < 1.29 is 24.9 Å². The molecule has 7 nitrogen and oxygen atoms in total. The smallest absolute Gasteiger partial charge is 0.276 e. The van der Waals surface area contributed by atoms with Crippen molar-refractivity contribution >= 4 is 22.9 Å². The summed E-state index contributed by atoms with van der Waals surface area (Å²) in [6.45, 7) is 12.8. The second kappa shape index (κ2) is 22.0. The third-order valence-electron chi connectivity index (χ3n) is 8.88. The molecule has 1 saturated heterocycles. The highest BCUT2D eigenvalue weighted by Crippen LogP contribution is 2.39. The number of hydrogen-bond donors (Lipinski definition) is 3. The monoisotopic (exact) mass is 766 g/mol. The zero-order chi connectivity index (χ0) is 41.0. The number of aliphatic hydroxyl groups is 2. The average Bonchev–Trinajstić information content (AvgIpc) is 3.88. The summed E-state index contributed by atoms with van der Waals surface area (Å²) in [7, 11) is 1.64. The molecule has 1 fully saturated rings. The Morgan fingerprint density at radius 2 is 1.46 bits per heavy atom. The van der Waals surface area contributed by atoms with E-state index in [1.807, 2.05) is 54.9 Å². The van der Waals surface area contributed by atoms with Gasteiger partial charge in [-0.15, -0.1) is 29.6 Å². The van der Waals surface area contributed by atoms with Gasteiger partial charge >= 0.3 is 0 Å². The zero-order valence-electron chi connectivity index (χ0n) is 33.3. The van der Waals surface area contributed by atoms with Crippen molar-refractivity contribution in [2.45, 2.75) is 78.4 Å². The van der Waals surface area contributed by atoms with Crippen molar-refractivity contribution in [2.24, 2.45) is 5.41 Å². The van der Waals surface area contributed by atoms with Crippen molar-refractivity contribution in [1.29, 1.82) is 0 Å². The van der Waals surface area contributed by atoms with Crippen LogP contribution in [0.4, 0.5) is 5.69 Å². The lowest BCUT2D eigenvalue weighted by Gasteiger charge is -2.27. The molecule has 2 aromatic carbocycles. The maximum atomic E-state index is 11.8. The minimum absolute atomic E-state index is 0.243. The van der Waals surface area contributed by atoms with Crippen LogP contribution in [0.25, 0.3) is 0 Å². The molecule has 0 radical (unpaired) electrons. The van der Waals surface area contributed by atoms with Gasteiger partial charge in [0.25, 0.3) is 5.91 Å². The quantitative estimate of drug-likeness (QED) is 0.158. The number of para-hydroxylation sites is 1. The Kier molecular flexibility index (Phi) is 17.5. The first-order valence-corrected chi connectivity index (χ1v) is 19.2. The topological polar surface area (TPSA) is 103 Å². The first-order chi connectivity index (χ1) is 26.9. The molecule has 0 bridgehead atoms. The fraction of sp³-hybridized carbons (Fsp3) is 0.333. The Morgan fingerprint density at radius 3 is 2.09 bits per heavy atom. The Morgan fingerprint density at radius 1 is 0.786 bits per heavy atom.